The molecule has 0 saturated heterocycles. The van der Waals surface area contributed by atoms with Crippen molar-refractivity contribution in [3.05, 3.63) is 47.3 Å². The smallest absolute Gasteiger partial charge is 0.126 e. The lowest BCUT2D eigenvalue weighted by molar-refractivity contribution is 0.209. The van der Waals surface area contributed by atoms with E-state index < -0.39 is 0 Å². The summed E-state index contributed by atoms with van der Waals surface area (Å²) in [4.78, 5) is 0. The number of benzene rings is 1. The van der Waals surface area contributed by atoms with Crippen molar-refractivity contribution in [2.75, 3.05) is 0 Å². The quantitative estimate of drug-likeness (QED) is 0.295. The van der Waals surface area contributed by atoms with Crippen LogP contribution >= 0.6 is 0 Å². The van der Waals surface area contributed by atoms with Crippen LogP contribution in [0.1, 0.15) is 108 Å². The van der Waals surface area contributed by atoms with Gasteiger partial charge >= 0.3 is 0 Å². The first-order valence-corrected chi connectivity index (χ1v) is 12.1. The molecule has 0 N–H and O–H groups in total. The zero-order valence-electron chi connectivity index (χ0n) is 18.3. The van der Waals surface area contributed by atoms with Crippen LogP contribution < -0.4 is 0 Å². The predicted molar refractivity (Wildman–Crippen MR) is 119 cm³/mol. The van der Waals surface area contributed by atoms with Crippen molar-refractivity contribution in [3.63, 3.8) is 0 Å². The minimum absolute atomic E-state index is 0.0155. The third-order valence-electron chi connectivity index (χ3n) is 7.53. The van der Waals surface area contributed by atoms with E-state index in [0.717, 1.165) is 29.7 Å². The minimum atomic E-state index is 0.0155. The van der Waals surface area contributed by atoms with Crippen LogP contribution in [0, 0.1) is 23.6 Å². The normalized spacial score (nSPS) is 26.3. The van der Waals surface area contributed by atoms with Crippen molar-refractivity contribution >= 4 is 0 Å². The number of allylic oxidation sites excluding steroid dienone is 2. The van der Waals surface area contributed by atoms with Crippen molar-refractivity contribution in [3.8, 4) is 0 Å². The molecule has 1 aromatic carbocycles. The number of rotatable bonds is 9. The summed E-state index contributed by atoms with van der Waals surface area (Å²) in [5.41, 5.74) is 2.14. The molecule has 1 fully saturated rings. The largest absolute Gasteiger partial charge is 0.207 e. The molecule has 28 heavy (non-hydrogen) atoms. The molecule has 0 nitrogen and oxygen atoms in total. The van der Waals surface area contributed by atoms with Crippen LogP contribution in [0.5, 0.6) is 0 Å². The highest BCUT2D eigenvalue weighted by Gasteiger charge is 2.30. The summed E-state index contributed by atoms with van der Waals surface area (Å²) in [6.07, 6.45) is 21.5. The average molecular weight is 385 g/mol. The first kappa shape index (κ1) is 21.6. The van der Waals surface area contributed by atoms with Crippen LogP contribution in [0.3, 0.4) is 0 Å². The van der Waals surface area contributed by atoms with Crippen LogP contribution in [0.15, 0.2) is 30.4 Å². The Morgan fingerprint density at radius 2 is 1.79 bits per heavy atom. The van der Waals surface area contributed by atoms with Crippen molar-refractivity contribution in [1.82, 2.24) is 0 Å². The van der Waals surface area contributed by atoms with Gasteiger partial charge in [0.15, 0.2) is 0 Å². The molecule has 1 aromatic rings. The monoisotopic (exact) mass is 384 g/mol. The van der Waals surface area contributed by atoms with Crippen LogP contribution in [-0.2, 0) is 6.42 Å². The standard InChI is InChI=1S/C27H41F/c1-3-5-7-10-21-13-15-24(16-14-21)26(19-22-11-8-6-9-12-22)25-18-17-23(4-2)27(28)20-25/h6,8,17-18,20-22,24,26H,3-5,7,9-16,19H2,1-2H3. The fraction of sp³-hybridized carbons (Fsp3) is 0.704. The fourth-order valence-electron chi connectivity index (χ4n) is 5.67. The number of aryl methyl sites for hydroxylation is 1. The van der Waals surface area contributed by atoms with Gasteiger partial charge in [0.05, 0.1) is 0 Å². The SMILES string of the molecule is CCCCCC1CCC(C(CC2CC=CCC2)c2ccc(CC)c(F)c2)CC1. The fourth-order valence-corrected chi connectivity index (χ4v) is 5.67. The van der Waals surface area contributed by atoms with Crippen molar-refractivity contribution in [1.29, 1.82) is 0 Å². The van der Waals surface area contributed by atoms with E-state index in [9.17, 15) is 4.39 Å². The topological polar surface area (TPSA) is 0 Å². The van der Waals surface area contributed by atoms with Gasteiger partial charge in [-0.25, -0.2) is 4.39 Å². The van der Waals surface area contributed by atoms with Gasteiger partial charge in [-0.05, 0) is 85.8 Å². The Kier molecular flexibility index (Phi) is 8.62. The molecule has 0 bridgehead atoms. The Bertz CT molecular complexity index is 609. The summed E-state index contributed by atoms with van der Waals surface area (Å²) in [6.45, 7) is 4.34. The van der Waals surface area contributed by atoms with Crippen LogP contribution in [-0.4, -0.2) is 0 Å². The second-order valence-electron chi connectivity index (χ2n) is 9.47. The van der Waals surface area contributed by atoms with Crippen LogP contribution in [0.25, 0.3) is 0 Å². The molecule has 1 heteroatoms. The molecule has 2 atom stereocenters. The number of hydrogen-bond acceptors (Lipinski definition) is 0. The molecule has 0 radical (unpaired) electrons. The number of halogens is 1. The first-order valence-electron chi connectivity index (χ1n) is 12.1. The van der Waals surface area contributed by atoms with E-state index in [1.165, 1.54) is 82.6 Å². The first-order chi connectivity index (χ1) is 13.7. The Balaban J connectivity index is 1.68. The summed E-state index contributed by atoms with van der Waals surface area (Å²) >= 11 is 0. The van der Waals surface area contributed by atoms with Gasteiger partial charge in [0.25, 0.3) is 0 Å². The van der Waals surface area contributed by atoms with Gasteiger partial charge < -0.3 is 0 Å². The second kappa shape index (κ2) is 11.2. The maximum Gasteiger partial charge on any atom is 0.126 e. The predicted octanol–water partition coefficient (Wildman–Crippen LogP) is 8.60. The van der Waals surface area contributed by atoms with Gasteiger partial charge in [0.1, 0.15) is 5.82 Å². The van der Waals surface area contributed by atoms with E-state index in [1.54, 1.807) is 0 Å². The van der Waals surface area contributed by atoms with Crippen molar-refractivity contribution in [2.45, 2.75) is 103 Å². The zero-order chi connectivity index (χ0) is 19.8. The van der Waals surface area contributed by atoms with Crippen molar-refractivity contribution in [2.24, 2.45) is 17.8 Å². The molecule has 2 aliphatic carbocycles. The average Bonchev–Trinajstić information content (AvgIpc) is 2.73. The maximum absolute atomic E-state index is 14.6. The maximum atomic E-state index is 14.6. The lowest BCUT2D eigenvalue weighted by Crippen LogP contribution is -2.23. The van der Waals surface area contributed by atoms with E-state index in [1.807, 2.05) is 13.0 Å². The number of hydrogen-bond donors (Lipinski definition) is 0. The summed E-state index contributed by atoms with van der Waals surface area (Å²) in [7, 11) is 0. The minimum Gasteiger partial charge on any atom is -0.207 e. The molecule has 2 aliphatic rings. The highest BCUT2D eigenvalue weighted by Crippen LogP contribution is 2.44. The Morgan fingerprint density at radius 3 is 2.43 bits per heavy atom. The van der Waals surface area contributed by atoms with Gasteiger partial charge in [0.2, 0.25) is 0 Å². The molecule has 2 unspecified atom stereocenters. The molecule has 0 spiro atoms. The molecular weight excluding hydrogens is 343 g/mol. The molecule has 0 aliphatic heterocycles. The molecule has 3 rings (SSSR count). The molecular formula is C27H41F. The van der Waals surface area contributed by atoms with Crippen molar-refractivity contribution < 1.29 is 4.39 Å². The van der Waals surface area contributed by atoms with Gasteiger partial charge in [-0.2, -0.15) is 0 Å². The van der Waals surface area contributed by atoms with Gasteiger partial charge in [-0.3, -0.25) is 0 Å². The third-order valence-corrected chi connectivity index (χ3v) is 7.53. The highest BCUT2D eigenvalue weighted by atomic mass is 19.1. The highest BCUT2D eigenvalue weighted by molar-refractivity contribution is 5.28. The lowest BCUT2D eigenvalue weighted by Gasteiger charge is -2.36. The Labute approximate surface area is 173 Å². The Morgan fingerprint density at radius 1 is 0.964 bits per heavy atom. The van der Waals surface area contributed by atoms with Gasteiger partial charge in [-0.15, -0.1) is 0 Å². The second-order valence-corrected chi connectivity index (χ2v) is 9.47. The number of unbranched alkanes of at least 4 members (excludes halogenated alkanes) is 2. The molecule has 0 aromatic heterocycles. The molecule has 0 amide bonds. The van der Waals surface area contributed by atoms with E-state index in [2.05, 4.69) is 31.2 Å². The van der Waals surface area contributed by atoms with Gasteiger partial charge in [0, 0.05) is 0 Å². The van der Waals surface area contributed by atoms with Gasteiger partial charge in [-0.1, -0.05) is 76.7 Å². The summed E-state index contributed by atoms with van der Waals surface area (Å²) in [6, 6.07) is 6.18. The summed E-state index contributed by atoms with van der Waals surface area (Å²) < 4.78 is 14.6. The third kappa shape index (κ3) is 5.94. The zero-order valence-corrected chi connectivity index (χ0v) is 18.3. The molecule has 0 heterocycles. The Hall–Kier alpha value is -1.11. The van der Waals surface area contributed by atoms with E-state index >= 15 is 0 Å². The molecule has 156 valence electrons. The molecule has 1 saturated carbocycles. The lowest BCUT2D eigenvalue weighted by atomic mass is 9.69. The van der Waals surface area contributed by atoms with E-state index in [-0.39, 0.29) is 5.82 Å². The van der Waals surface area contributed by atoms with Crippen LogP contribution in [0.2, 0.25) is 0 Å². The van der Waals surface area contributed by atoms with E-state index in [0.29, 0.717) is 5.92 Å². The summed E-state index contributed by atoms with van der Waals surface area (Å²) in [5.74, 6) is 3.04. The van der Waals surface area contributed by atoms with E-state index in [4.69, 9.17) is 0 Å². The van der Waals surface area contributed by atoms with Crippen LogP contribution in [0.4, 0.5) is 4.39 Å². The summed E-state index contributed by atoms with van der Waals surface area (Å²) in [5, 5.41) is 0.